The third-order valence-corrected chi connectivity index (χ3v) is 2.12. The molecule has 1 aromatic carbocycles. The molecule has 13 heavy (non-hydrogen) atoms. The zero-order valence-corrected chi connectivity index (χ0v) is 7.00. The normalized spacial score (nSPS) is 13.3. The van der Waals surface area contributed by atoms with Gasteiger partial charge in [0.05, 0.1) is 18.9 Å². The molecule has 0 saturated carbocycles. The number of rotatable bonds is 1. The molecule has 1 heterocycles. The number of para-hydroxylation sites is 1. The summed E-state index contributed by atoms with van der Waals surface area (Å²) in [6, 6.07) is 7.74. The van der Waals surface area contributed by atoms with Crippen molar-refractivity contribution in [3.05, 3.63) is 29.3 Å². The van der Waals surface area contributed by atoms with E-state index in [4.69, 9.17) is 5.26 Å². The lowest BCUT2D eigenvalue weighted by atomic mass is 10.1. The number of benzene rings is 1. The Kier molecular flexibility index (Phi) is 1.75. The van der Waals surface area contributed by atoms with Gasteiger partial charge in [-0.1, -0.05) is 18.2 Å². The van der Waals surface area contributed by atoms with Crippen molar-refractivity contribution in [3.63, 3.8) is 0 Å². The third-order valence-electron chi connectivity index (χ3n) is 2.12. The van der Waals surface area contributed by atoms with Crippen LogP contribution in [-0.2, 0) is 17.6 Å². The second-order valence-corrected chi connectivity index (χ2v) is 3.01. The molecule has 3 heteroatoms. The van der Waals surface area contributed by atoms with Gasteiger partial charge in [-0.15, -0.1) is 0 Å². The Morgan fingerprint density at radius 3 is 3.15 bits per heavy atom. The average molecular weight is 172 g/mol. The summed E-state index contributed by atoms with van der Waals surface area (Å²) in [6.45, 7) is 0. The van der Waals surface area contributed by atoms with Crippen LogP contribution < -0.4 is 5.32 Å². The standard InChI is InChI=1S/C10H8N2O/c11-5-4-7-2-1-3-8-6-9(13)12-10(7)8/h1-3H,4,6H2,(H,12,13). The fourth-order valence-electron chi connectivity index (χ4n) is 1.55. The SMILES string of the molecule is N#CCc1cccc2c1NC(=O)C2. The summed E-state index contributed by atoms with van der Waals surface area (Å²) in [4.78, 5) is 11.1. The Morgan fingerprint density at radius 2 is 2.38 bits per heavy atom. The molecule has 0 atom stereocenters. The zero-order chi connectivity index (χ0) is 9.26. The number of nitriles is 1. The summed E-state index contributed by atoms with van der Waals surface area (Å²) >= 11 is 0. The van der Waals surface area contributed by atoms with Gasteiger partial charge < -0.3 is 5.32 Å². The van der Waals surface area contributed by atoms with Gasteiger partial charge in [0.1, 0.15) is 0 Å². The zero-order valence-electron chi connectivity index (χ0n) is 7.00. The van der Waals surface area contributed by atoms with Crippen LogP contribution in [0.2, 0.25) is 0 Å². The molecular weight excluding hydrogens is 164 g/mol. The first-order valence-corrected chi connectivity index (χ1v) is 4.09. The predicted octanol–water partition coefficient (Wildman–Crippen LogP) is 1.25. The lowest BCUT2D eigenvalue weighted by Crippen LogP contribution is -2.04. The Bertz CT molecular complexity index is 404. The first-order chi connectivity index (χ1) is 6.31. The maximum atomic E-state index is 11.1. The van der Waals surface area contributed by atoms with E-state index >= 15 is 0 Å². The van der Waals surface area contributed by atoms with Crippen molar-refractivity contribution in [3.8, 4) is 6.07 Å². The van der Waals surface area contributed by atoms with E-state index < -0.39 is 0 Å². The smallest absolute Gasteiger partial charge is 0.228 e. The number of carbonyl (C=O) groups is 1. The first kappa shape index (κ1) is 7.81. The number of fused-ring (bicyclic) bond motifs is 1. The summed E-state index contributed by atoms with van der Waals surface area (Å²) in [5.74, 6) is 0.0142. The van der Waals surface area contributed by atoms with E-state index in [1.54, 1.807) is 0 Å². The number of nitrogens with one attached hydrogen (secondary N) is 1. The minimum atomic E-state index is 0.0142. The van der Waals surface area contributed by atoms with Gasteiger partial charge in [0, 0.05) is 5.69 Å². The first-order valence-electron chi connectivity index (χ1n) is 4.09. The molecule has 0 spiro atoms. The Morgan fingerprint density at radius 1 is 1.54 bits per heavy atom. The average Bonchev–Trinajstić information content (AvgIpc) is 2.47. The quantitative estimate of drug-likeness (QED) is 0.693. The lowest BCUT2D eigenvalue weighted by Gasteiger charge is -2.02. The van der Waals surface area contributed by atoms with E-state index in [0.29, 0.717) is 12.8 Å². The molecule has 1 aliphatic rings. The molecule has 0 radical (unpaired) electrons. The monoisotopic (exact) mass is 172 g/mol. The molecule has 0 saturated heterocycles. The molecule has 0 unspecified atom stereocenters. The van der Waals surface area contributed by atoms with E-state index in [-0.39, 0.29) is 5.91 Å². The highest BCUT2D eigenvalue weighted by Crippen LogP contribution is 2.26. The molecular formula is C10H8N2O. The fraction of sp³-hybridized carbons (Fsp3) is 0.200. The van der Waals surface area contributed by atoms with Crippen LogP contribution in [0.15, 0.2) is 18.2 Å². The van der Waals surface area contributed by atoms with Crippen molar-refractivity contribution in [2.45, 2.75) is 12.8 Å². The second kappa shape index (κ2) is 2.91. The Labute approximate surface area is 76.0 Å². The molecule has 0 aromatic heterocycles. The number of anilines is 1. The van der Waals surface area contributed by atoms with E-state index in [1.165, 1.54) is 0 Å². The number of nitrogens with zero attached hydrogens (tertiary/aromatic N) is 1. The number of carbonyl (C=O) groups excluding carboxylic acids is 1. The highest BCUT2D eigenvalue weighted by molar-refractivity contribution is 6.00. The number of hydrogen-bond donors (Lipinski definition) is 1. The van der Waals surface area contributed by atoms with Gasteiger partial charge in [0.2, 0.25) is 5.91 Å². The summed E-state index contributed by atoms with van der Waals surface area (Å²) < 4.78 is 0. The van der Waals surface area contributed by atoms with E-state index in [9.17, 15) is 4.79 Å². The summed E-state index contributed by atoms with van der Waals surface area (Å²) in [7, 11) is 0. The van der Waals surface area contributed by atoms with Crippen molar-refractivity contribution >= 4 is 11.6 Å². The molecule has 0 aliphatic carbocycles. The van der Waals surface area contributed by atoms with E-state index in [0.717, 1.165) is 16.8 Å². The number of amides is 1. The van der Waals surface area contributed by atoms with Crippen molar-refractivity contribution in [1.82, 2.24) is 0 Å². The molecule has 1 amide bonds. The van der Waals surface area contributed by atoms with Crippen molar-refractivity contribution in [1.29, 1.82) is 5.26 Å². The van der Waals surface area contributed by atoms with Crippen LogP contribution in [0.1, 0.15) is 11.1 Å². The Hall–Kier alpha value is -1.82. The predicted molar refractivity (Wildman–Crippen MR) is 48.1 cm³/mol. The summed E-state index contributed by atoms with van der Waals surface area (Å²) in [5.41, 5.74) is 2.75. The third kappa shape index (κ3) is 1.27. The van der Waals surface area contributed by atoms with Gasteiger partial charge in [-0.3, -0.25) is 4.79 Å². The van der Waals surface area contributed by atoms with Crippen molar-refractivity contribution < 1.29 is 4.79 Å². The molecule has 64 valence electrons. The van der Waals surface area contributed by atoms with Gasteiger partial charge in [-0.25, -0.2) is 0 Å². The lowest BCUT2D eigenvalue weighted by molar-refractivity contribution is -0.115. The molecule has 1 N–H and O–H groups in total. The van der Waals surface area contributed by atoms with Crippen LogP contribution in [0.5, 0.6) is 0 Å². The minimum Gasteiger partial charge on any atom is -0.325 e. The summed E-state index contributed by atoms with van der Waals surface area (Å²) in [5, 5.41) is 11.3. The van der Waals surface area contributed by atoms with Gasteiger partial charge in [-0.2, -0.15) is 5.26 Å². The van der Waals surface area contributed by atoms with E-state index in [1.807, 2.05) is 18.2 Å². The molecule has 1 aliphatic heterocycles. The Balaban J connectivity index is 2.46. The van der Waals surface area contributed by atoms with Crippen LogP contribution in [0.4, 0.5) is 5.69 Å². The van der Waals surface area contributed by atoms with Gasteiger partial charge >= 0.3 is 0 Å². The maximum absolute atomic E-state index is 11.1. The molecule has 0 bridgehead atoms. The minimum absolute atomic E-state index is 0.0142. The van der Waals surface area contributed by atoms with Crippen LogP contribution in [0.3, 0.4) is 0 Å². The van der Waals surface area contributed by atoms with Crippen LogP contribution in [-0.4, -0.2) is 5.91 Å². The van der Waals surface area contributed by atoms with Gasteiger partial charge in [0.15, 0.2) is 0 Å². The van der Waals surface area contributed by atoms with Crippen molar-refractivity contribution in [2.24, 2.45) is 0 Å². The molecule has 3 nitrogen and oxygen atoms in total. The maximum Gasteiger partial charge on any atom is 0.228 e. The number of hydrogen-bond acceptors (Lipinski definition) is 2. The van der Waals surface area contributed by atoms with Gasteiger partial charge in [0.25, 0.3) is 0 Å². The van der Waals surface area contributed by atoms with Crippen LogP contribution in [0.25, 0.3) is 0 Å². The topological polar surface area (TPSA) is 52.9 Å². The van der Waals surface area contributed by atoms with Crippen LogP contribution >= 0.6 is 0 Å². The molecule has 0 fully saturated rings. The van der Waals surface area contributed by atoms with Crippen LogP contribution in [0, 0.1) is 11.3 Å². The highest BCUT2D eigenvalue weighted by atomic mass is 16.1. The fourth-order valence-corrected chi connectivity index (χ4v) is 1.55. The molecule has 2 rings (SSSR count). The molecule has 1 aromatic rings. The van der Waals surface area contributed by atoms with Gasteiger partial charge in [-0.05, 0) is 11.1 Å². The largest absolute Gasteiger partial charge is 0.325 e. The highest BCUT2D eigenvalue weighted by Gasteiger charge is 2.19. The van der Waals surface area contributed by atoms with E-state index in [2.05, 4.69) is 11.4 Å². The second-order valence-electron chi connectivity index (χ2n) is 3.01. The summed E-state index contributed by atoms with van der Waals surface area (Å²) in [6.07, 6.45) is 0.790. The van der Waals surface area contributed by atoms with Crippen molar-refractivity contribution in [2.75, 3.05) is 5.32 Å².